The lowest BCUT2D eigenvalue weighted by Gasteiger charge is -2.11. The molecular formula is C17H26N2O2. The van der Waals surface area contributed by atoms with Crippen LogP contribution in [0.5, 0.6) is 5.75 Å². The largest absolute Gasteiger partial charge is 0.483 e. The van der Waals surface area contributed by atoms with Crippen LogP contribution in [0.3, 0.4) is 0 Å². The number of carbonyl (C=O) groups excluding carboxylic acids is 1. The van der Waals surface area contributed by atoms with E-state index in [-0.39, 0.29) is 12.5 Å². The molecule has 0 radical (unpaired) electrons. The molecule has 2 rings (SSSR count). The number of ether oxygens (including phenoxy) is 1. The van der Waals surface area contributed by atoms with Gasteiger partial charge in [0.2, 0.25) is 0 Å². The van der Waals surface area contributed by atoms with Crippen molar-refractivity contribution < 1.29 is 9.53 Å². The highest BCUT2D eigenvalue weighted by molar-refractivity contribution is 5.77. The van der Waals surface area contributed by atoms with Gasteiger partial charge < -0.3 is 15.8 Å². The Bertz CT molecular complexity index is 442. The van der Waals surface area contributed by atoms with E-state index in [2.05, 4.69) is 5.32 Å². The summed E-state index contributed by atoms with van der Waals surface area (Å²) >= 11 is 0. The van der Waals surface area contributed by atoms with E-state index in [1.54, 1.807) is 0 Å². The molecule has 0 bridgehead atoms. The Morgan fingerprint density at radius 1 is 1.29 bits per heavy atom. The van der Waals surface area contributed by atoms with Gasteiger partial charge in [-0.2, -0.15) is 0 Å². The molecule has 0 spiro atoms. The van der Waals surface area contributed by atoms with Crippen LogP contribution in [-0.4, -0.2) is 19.1 Å². The second-order valence-electron chi connectivity index (χ2n) is 5.74. The van der Waals surface area contributed by atoms with Crippen LogP contribution in [0.4, 0.5) is 0 Å². The number of nitrogens with two attached hydrogens (primary N) is 1. The van der Waals surface area contributed by atoms with E-state index in [1.807, 2.05) is 24.3 Å². The van der Waals surface area contributed by atoms with Crippen LogP contribution in [0.25, 0.3) is 0 Å². The normalized spacial score (nSPS) is 15.1. The van der Waals surface area contributed by atoms with Gasteiger partial charge in [0.15, 0.2) is 6.61 Å². The maximum Gasteiger partial charge on any atom is 0.257 e. The lowest BCUT2D eigenvalue weighted by molar-refractivity contribution is -0.123. The lowest BCUT2D eigenvalue weighted by atomic mass is 10.0. The van der Waals surface area contributed by atoms with Gasteiger partial charge in [0.25, 0.3) is 5.91 Å². The monoisotopic (exact) mass is 290 g/mol. The summed E-state index contributed by atoms with van der Waals surface area (Å²) in [5.41, 5.74) is 6.56. The molecule has 1 amide bonds. The average Bonchev–Trinajstić information content (AvgIpc) is 3.03. The predicted octanol–water partition coefficient (Wildman–Crippen LogP) is 2.61. The van der Waals surface area contributed by atoms with Crippen molar-refractivity contribution in [2.24, 2.45) is 11.7 Å². The molecule has 0 atom stereocenters. The Kier molecular flexibility index (Phi) is 6.54. The van der Waals surface area contributed by atoms with Gasteiger partial charge in [0.1, 0.15) is 5.75 Å². The Hall–Kier alpha value is -1.55. The minimum Gasteiger partial charge on any atom is -0.483 e. The maximum absolute atomic E-state index is 11.7. The van der Waals surface area contributed by atoms with Gasteiger partial charge in [-0.25, -0.2) is 0 Å². The Labute approximate surface area is 127 Å². The van der Waals surface area contributed by atoms with Gasteiger partial charge in [0, 0.05) is 18.7 Å². The van der Waals surface area contributed by atoms with E-state index < -0.39 is 0 Å². The molecule has 4 nitrogen and oxygen atoms in total. The first kappa shape index (κ1) is 15.8. The van der Waals surface area contributed by atoms with E-state index in [9.17, 15) is 4.79 Å². The number of hydrogen-bond acceptors (Lipinski definition) is 3. The van der Waals surface area contributed by atoms with Crippen LogP contribution in [-0.2, 0) is 11.3 Å². The van der Waals surface area contributed by atoms with Crippen molar-refractivity contribution in [2.45, 2.75) is 45.1 Å². The molecule has 0 heterocycles. The zero-order valence-corrected chi connectivity index (χ0v) is 12.6. The van der Waals surface area contributed by atoms with Crippen LogP contribution < -0.4 is 15.8 Å². The predicted molar refractivity (Wildman–Crippen MR) is 84.0 cm³/mol. The van der Waals surface area contributed by atoms with Crippen molar-refractivity contribution in [1.29, 1.82) is 0 Å². The first-order chi connectivity index (χ1) is 10.3. The van der Waals surface area contributed by atoms with E-state index >= 15 is 0 Å². The van der Waals surface area contributed by atoms with Crippen molar-refractivity contribution >= 4 is 5.91 Å². The SMILES string of the molecule is NCc1ccccc1OCC(=O)NCCCC1CCCC1. The van der Waals surface area contributed by atoms with E-state index in [0.29, 0.717) is 12.3 Å². The lowest BCUT2D eigenvalue weighted by Crippen LogP contribution is -2.30. The van der Waals surface area contributed by atoms with Gasteiger partial charge in [-0.1, -0.05) is 43.9 Å². The van der Waals surface area contributed by atoms with Crippen molar-refractivity contribution in [3.05, 3.63) is 29.8 Å². The zero-order chi connectivity index (χ0) is 14.9. The highest BCUT2D eigenvalue weighted by Crippen LogP contribution is 2.28. The standard InChI is InChI=1S/C17H26N2O2/c18-12-15-9-3-4-10-16(15)21-13-17(20)19-11-5-8-14-6-1-2-7-14/h3-4,9-10,14H,1-2,5-8,11-13,18H2,(H,19,20). The number of benzene rings is 1. The quantitative estimate of drug-likeness (QED) is 0.723. The molecule has 1 aromatic rings. The van der Waals surface area contributed by atoms with Gasteiger partial charge in [-0.05, 0) is 24.8 Å². The van der Waals surface area contributed by atoms with Crippen molar-refractivity contribution in [3.8, 4) is 5.75 Å². The number of amides is 1. The number of nitrogens with one attached hydrogen (secondary N) is 1. The molecule has 0 saturated heterocycles. The molecule has 1 fully saturated rings. The number of hydrogen-bond donors (Lipinski definition) is 2. The second kappa shape index (κ2) is 8.67. The minimum absolute atomic E-state index is 0.0560. The molecule has 21 heavy (non-hydrogen) atoms. The molecular weight excluding hydrogens is 264 g/mol. The fourth-order valence-corrected chi connectivity index (χ4v) is 2.93. The molecule has 1 saturated carbocycles. The fourth-order valence-electron chi connectivity index (χ4n) is 2.93. The number of rotatable bonds is 8. The van der Waals surface area contributed by atoms with Gasteiger partial charge >= 0.3 is 0 Å². The molecule has 1 aliphatic rings. The summed E-state index contributed by atoms with van der Waals surface area (Å²) in [7, 11) is 0. The Morgan fingerprint density at radius 2 is 2.05 bits per heavy atom. The summed E-state index contributed by atoms with van der Waals surface area (Å²) in [5, 5.41) is 2.92. The Balaban J connectivity index is 1.60. The van der Waals surface area contributed by atoms with Gasteiger partial charge in [-0.3, -0.25) is 4.79 Å². The van der Waals surface area contributed by atoms with Crippen LogP contribution >= 0.6 is 0 Å². The summed E-state index contributed by atoms with van der Waals surface area (Å²) in [6.45, 7) is 1.22. The molecule has 0 aromatic heterocycles. The van der Waals surface area contributed by atoms with Crippen molar-refractivity contribution in [1.82, 2.24) is 5.32 Å². The molecule has 116 valence electrons. The summed E-state index contributed by atoms with van der Waals surface area (Å²) in [4.78, 5) is 11.7. The molecule has 1 aromatic carbocycles. The Morgan fingerprint density at radius 3 is 2.81 bits per heavy atom. The van der Waals surface area contributed by atoms with E-state index in [4.69, 9.17) is 10.5 Å². The van der Waals surface area contributed by atoms with Crippen LogP contribution in [0.1, 0.15) is 44.1 Å². The van der Waals surface area contributed by atoms with E-state index in [1.165, 1.54) is 32.1 Å². The number of carbonyl (C=O) groups is 1. The highest BCUT2D eigenvalue weighted by atomic mass is 16.5. The minimum atomic E-state index is -0.0618. The van der Waals surface area contributed by atoms with E-state index in [0.717, 1.165) is 24.4 Å². The third-order valence-corrected chi connectivity index (χ3v) is 4.14. The van der Waals surface area contributed by atoms with Crippen molar-refractivity contribution in [3.63, 3.8) is 0 Å². The summed E-state index contributed by atoms with van der Waals surface area (Å²) < 4.78 is 5.53. The first-order valence-corrected chi connectivity index (χ1v) is 7.97. The molecule has 3 N–H and O–H groups in total. The van der Waals surface area contributed by atoms with Gasteiger partial charge in [0.05, 0.1) is 0 Å². The van der Waals surface area contributed by atoms with Crippen LogP contribution in [0.15, 0.2) is 24.3 Å². The summed E-state index contributed by atoms with van der Waals surface area (Å²) in [6, 6.07) is 7.55. The third kappa shape index (κ3) is 5.38. The molecule has 0 unspecified atom stereocenters. The topological polar surface area (TPSA) is 64.3 Å². The first-order valence-electron chi connectivity index (χ1n) is 7.97. The second-order valence-corrected chi connectivity index (χ2v) is 5.74. The molecule has 0 aliphatic heterocycles. The number of para-hydroxylation sites is 1. The molecule has 1 aliphatic carbocycles. The van der Waals surface area contributed by atoms with Gasteiger partial charge in [-0.15, -0.1) is 0 Å². The van der Waals surface area contributed by atoms with Crippen LogP contribution in [0, 0.1) is 5.92 Å². The molecule has 4 heteroatoms. The maximum atomic E-state index is 11.7. The van der Waals surface area contributed by atoms with Crippen LogP contribution in [0.2, 0.25) is 0 Å². The summed E-state index contributed by atoms with van der Waals surface area (Å²) in [6.07, 6.45) is 7.80. The fraction of sp³-hybridized carbons (Fsp3) is 0.588. The zero-order valence-electron chi connectivity index (χ0n) is 12.6. The smallest absolute Gasteiger partial charge is 0.257 e. The average molecular weight is 290 g/mol. The summed E-state index contributed by atoms with van der Waals surface area (Å²) in [5.74, 6) is 1.52. The van der Waals surface area contributed by atoms with Crippen molar-refractivity contribution in [2.75, 3.05) is 13.2 Å². The highest BCUT2D eigenvalue weighted by Gasteiger charge is 2.14. The third-order valence-electron chi connectivity index (χ3n) is 4.14.